The highest BCUT2D eigenvalue weighted by Gasteiger charge is 2.32. The minimum Gasteiger partial charge on any atom is -0.405 e. The molecule has 0 spiro atoms. The zero-order valence-corrected chi connectivity index (χ0v) is 16.6. The smallest absolute Gasteiger partial charge is 0.405 e. The van der Waals surface area contributed by atoms with E-state index in [0.29, 0.717) is 0 Å². The van der Waals surface area contributed by atoms with Gasteiger partial charge in [0.05, 0.1) is 0 Å². The maximum atomic E-state index is 12.5. The summed E-state index contributed by atoms with van der Waals surface area (Å²) in [6.45, 7) is 3.08. The third-order valence-corrected chi connectivity index (χ3v) is 5.80. The number of hydrogen-bond donors (Lipinski definition) is 2. The Morgan fingerprint density at radius 1 is 1.07 bits per heavy atom. The molecule has 1 aromatic rings. The Labute approximate surface area is 170 Å². The van der Waals surface area contributed by atoms with Crippen molar-refractivity contribution in [3.05, 3.63) is 29.8 Å². The molecule has 1 saturated carbocycles. The van der Waals surface area contributed by atoms with Gasteiger partial charge in [-0.15, -0.1) is 13.2 Å². The van der Waals surface area contributed by atoms with Gasteiger partial charge in [-0.25, -0.2) is 4.79 Å². The van der Waals surface area contributed by atoms with Crippen LogP contribution in [0.25, 0.3) is 0 Å². The number of ether oxygens (including phenoxy) is 1. The van der Waals surface area contributed by atoms with Crippen LogP contribution in [0.1, 0.15) is 50.5 Å². The molecule has 1 aliphatic heterocycles. The highest BCUT2D eigenvalue weighted by Crippen LogP contribution is 2.27. The van der Waals surface area contributed by atoms with E-state index in [2.05, 4.69) is 20.3 Å². The monoisotopic (exact) mass is 413 g/mol. The van der Waals surface area contributed by atoms with Gasteiger partial charge in [0.2, 0.25) is 0 Å². The number of amides is 2. The zero-order chi connectivity index (χ0) is 20.7. The summed E-state index contributed by atoms with van der Waals surface area (Å²) in [7, 11) is 0. The van der Waals surface area contributed by atoms with E-state index in [9.17, 15) is 18.0 Å². The number of hydrogen-bond acceptors (Lipinski definition) is 3. The van der Waals surface area contributed by atoms with Crippen molar-refractivity contribution in [3.8, 4) is 5.75 Å². The van der Waals surface area contributed by atoms with Crippen molar-refractivity contribution < 1.29 is 22.7 Å². The van der Waals surface area contributed by atoms with Gasteiger partial charge in [-0.3, -0.25) is 0 Å². The van der Waals surface area contributed by atoms with Gasteiger partial charge in [0.1, 0.15) is 5.75 Å². The molecular formula is C21H30F3N3O2. The summed E-state index contributed by atoms with van der Waals surface area (Å²) >= 11 is 0. The lowest BCUT2D eigenvalue weighted by Gasteiger charge is -2.35. The normalized spacial score (nSPS) is 19.7. The second-order valence-corrected chi connectivity index (χ2v) is 8.06. The predicted octanol–water partition coefficient (Wildman–Crippen LogP) is 4.43. The summed E-state index contributed by atoms with van der Waals surface area (Å²) in [5.41, 5.74) is 0.280. The van der Waals surface area contributed by atoms with Crippen molar-refractivity contribution in [3.63, 3.8) is 0 Å². The van der Waals surface area contributed by atoms with Crippen LogP contribution in [0.3, 0.4) is 0 Å². The van der Waals surface area contributed by atoms with Crippen LogP contribution in [0.5, 0.6) is 5.75 Å². The van der Waals surface area contributed by atoms with E-state index >= 15 is 0 Å². The first-order valence-electron chi connectivity index (χ1n) is 10.5. The number of benzene rings is 1. The second-order valence-electron chi connectivity index (χ2n) is 8.06. The van der Waals surface area contributed by atoms with Gasteiger partial charge >= 0.3 is 12.4 Å². The number of nitrogens with one attached hydrogen (secondary N) is 2. The van der Waals surface area contributed by atoms with Crippen LogP contribution in [0, 0.1) is 5.92 Å². The van der Waals surface area contributed by atoms with Crippen LogP contribution in [0.2, 0.25) is 0 Å². The summed E-state index contributed by atoms with van der Waals surface area (Å²) in [4.78, 5) is 14.7. The molecule has 1 aliphatic carbocycles. The Hall–Kier alpha value is -1.96. The van der Waals surface area contributed by atoms with Gasteiger partial charge in [-0.05, 0) is 37.7 Å². The molecule has 3 rings (SSSR count). The summed E-state index contributed by atoms with van der Waals surface area (Å²) in [6, 6.07) is 5.55. The highest BCUT2D eigenvalue weighted by atomic mass is 19.4. The van der Waals surface area contributed by atoms with E-state index in [1.165, 1.54) is 50.3 Å². The number of carbonyl (C=O) groups excluding carboxylic acids is 1. The van der Waals surface area contributed by atoms with E-state index in [0.717, 1.165) is 38.4 Å². The number of alkyl halides is 3. The molecule has 5 nitrogen and oxygen atoms in total. The van der Waals surface area contributed by atoms with Crippen molar-refractivity contribution in [2.45, 2.75) is 63.9 Å². The number of halogens is 3. The van der Waals surface area contributed by atoms with Gasteiger partial charge in [-0.2, -0.15) is 0 Å². The summed E-state index contributed by atoms with van der Waals surface area (Å²) in [5, 5.41) is 5.58. The molecular weight excluding hydrogens is 383 g/mol. The number of likely N-dealkylation sites (tertiary alicyclic amines) is 1. The summed E-state index contributed by atoms with van der Waals surface area (Å²) in [5.74, 6) is 0.520. The number of para-hydroxylation sites is 1. The van der Waals surface area contributed by atoms with Gasteiger partial charge in [-0.1, -0.05) is 37.5 Å². The van der Waals surface area contributed by atoms with Crippen LogP contribution in [0.4, 0.5) is 18.0 Å². The molecule has 162 valence electrons. The second kappa shape index (κ2) is 10.2. The first-order valence-corrected chi connectivity index (χ1v) is 10.5. The molecule has 2 aliphatic rings. The maximum Gasteiger partial charge on any atom is 0.573 e. The fraction of sp³-hybridized carbons (Fsp3) is 0.667. The lowest BCUT2D eigenvalue weighted by molar-refractivity contribution is -0.274. The molecule has 0 aromatic heterocycles. The van der Waals surface area contributed by atoms with Gasteiger partial charge < -0.3 is 20.3 Å². The number of carbonyl (C=O) groups is 1. The molecule has 29 heavy (non-hydrogen) atoms. The molecule has 8 heteroatoms. The first-order chi connectivity index (χ1) is 13.9. The molecule has 0 unspecified atom stereocenters. The van der Waals surface area contributed by atoms with Crippen LogP contribution in [0.15, 0.2) is 24.3 Å². The molecule has 0 atom stereocenters. The van der Waals surface area contributed by atoms with Crippen molar-refractivity contribution in [2.75, 3.05) is 19.6 Å². The Morgan fingerprint density at radius 2 is 1.76 bits per heavy atom. The first kappa shape index (κ1) is 21.7. The molecule has 1 heterocycles. The topological polar surface area (TPSA) is 53.6 Å². The van der Waals surface area contributed by atoms with Crippen molar-refractivity contribution in [1.29, 1.82) is 0 Å². The lowest BCUT2D eigenvalue weighted by atomic mass is 9.88. The number of nitrogens with zero attached hydrogens (tertiary/aromatic N) is 1. The molecule has 2 fully saturated rings. The largest absolute Gasteiger partial charge is 0.573 e. The van der Waals surface area contributed by atoms with Crippen LogP contribution >= 0.6 is 0 Å². The fourth-order valence-corrected chi connectivity index (χ4v) is 4.28. The molecule has 0 bridgehead atoms. The third kappa shape index (κ3) is 7.42. The molecule has 0 radical (unpaired) electrons. The van der Waals surface area contributed by atoms with E-state index in [1.807, 2.05) is 0 Å². The van der Waals surface area contributed by atoms with Crippen LogP contribution in [-0.4, -0.2) is 43.0 Å². The van der Waals surface area contributed by atoms with Crippen molar-refractivity contribution in [2.24, 2.45) is 5.92 Å². The number of rotatable bonds is 6. The number of piperidine rings is 1. The standard InChI is InChI=1S/C21H30F3N3O2/c22-21(23,24)29-19-9-5-4-8-17(19)14-25-20(28)26-18-10-12-27(13-11-18)15-16-6-2-1-3-7-16/h4-5,8-9,16,18H,1-3,6-7,10-15H2,(H2,25,26,28). The Bertz CT molecular complexity index is 655. The van der Waals surface area contributed by atoms with E-state index < -0.39 is 6.36 Å². The van der Waals surface area contributed by atoms with Gasteiger partial charge in [0.25, 0.3) is 0 Å². The Kier molecular flexibility index (Phi) is 7.64. The molecule has 2 amide bonds. The fourth-order valence-electron chi connectivity index (χ4n) is 4.28. The lowest BCUT2D eigenvalue weighted by Crippen LogP contribution is -2.48. The number of urea groups is 1. The van der Waals surface area contributed by atoms with E-state index in [4.69, 9.17) is 0 Å². The van der Waals surface area contributed by atoms with E-state index in [1.54, 1.807) is 6.07 Å². The predicted molar refractivity (Wildman–Crippen MR) is 105 cm³/mol. The highest BCUT2D eigenvalue weighted by molar-refractivity contribution is 5.74. The molecule has 1 saturated heterocycles. The van der Waals surface area contributed by atoms with Crippen LogP contribution < -0.4 is 15.4 Å². The third-order valence-electron chi connectivity index (χ3n) is 5.80. The Morgan fingerprint density at radius 3 is 2.45 bits per heavy atom. The van der Waals surface area contributed by atoms with Gasteiger partial charge in [0.15, 0.2) is 0 Å². The minimum atomic E-state index is -4.76. The van der Waals surface area contributed by atoms with Crippen LogP contribution in [-0.2, 0) is 6.54 Å². The van der Waals surface area contributed by atoms with Gasteiger partial charge in [0, 0.05) is 37.8 Å². The van der Waals surface area contributed by atoms with Crippen molar-refractivity contribution >= 4 is 6.03 Å². The average molecular weight is 413 g/mol. The van der Waals surface area contributed by atoms with Crippen molar-refractivity contribution in [1.82, 2.24) is 15.5 Å². The SMILES string of the molecule is O=C(NCc1ccccc1OC(F)(F)F)NC1CCN(CC2CCCCC2)CC1. The summed E-state index contributed by atoms with van der Waals surface area (Å²) in [6.07, 6.45) is 3.76. The molecule has 2 N–H and O–H groups in total. The zero-order valence-electron chi connectivity index (χ0n) is 16.6. The molecule has 1 aromatic carbocycles. The Balaban J connectivity index is 1.38. The average Bonchev–Trinajstić information content (AvgIpc) is 2.68. The maximum absolute atomic E-state index is 12.5. The van der Waals surface area contributed by atoms with E-state index in [-0.39, 0.29) is 29.9 Å². The minimum absolute atomic E-state index is 0.0292. The quantitative estimate of drug-likeness (QED) is 0.726. The summed E-state index contributed by atoms with van der Waals surface area (Å²) < 4.78 is 41.5.